The van der Waals surface area contributed by atoms with Gasteiger partial charge < -0.3 is 21.3 Å². The molecule has 0 radical (unpaired) electrons. The Balaban J connectivity index is 1.85. The topological polar surface area (TPSA) is 70.4 Å². The van der Waals surface area contributed by atoms with Gasteiger partial charge in [-0.2, -0.15) is 0 Å². The number of anilines is 2. The van der Waals surface area contributed by atoms with Crippen molar-refractivity contribution in [2.24, 2.45) is 5.73 Å². The molecule has 0 unspecified atom stereocenters. The smallest absolute Gasteiger partial charge is 0.256 e. The minimum absolute atomic E-state index is 0.0922. The van der Waals surface area contributed by atoms with E-state index >= 15 is 0 Å². The number of nitrogens with zero attached hydrogens (tertiary/aromatic N) is 1. The summed E-state index contributed by atoms with van der Waals surface area (Å²) in [6, 6.07) is 13.6. The van der Waals surface area contributed by atoms with Crippen molar-refractivity contribution in [2.75, 3.05) is 36.4 Å². The van der Waals surface area contributed by atoms with Crippen LogP contribution < -0.4 is 21.3 Å². The van der Waals surface area contributed by atoms with Gasteiger partial charge in [0.1, 0.15) is 0 Å². The maximum Gasteiger partial charge on any atom is 0.256 e. The molecule has 1 aliphatic heterocycles. The molecule has 5 nitrogen and oxygen atoms in total. The molecule has 24 heavy (non-hydrogen) atoms. The van der Waals surface area contributed by atoms with E-state index in [1.54, 1.807) is 0 Å². The molecule has 1 saturated heterocycles. The Morgan fingerprint density at radius 2 is 1.92 bits per heavy atom. The maximum atomic E-state index is 12.8. The predicted molar refractivity (Wildman–Crippen MR) is 98.5 cm³/mol. The molecule has 5 heteroatoms. The SMILES string of the molecule is Cc1c(C(=O)Nc2ccccc2CN)cccc1N1CCNCC1. The molecule has 2 aromatic rings. The Labute approximate surface area is 142 Å². The van der Waals surface area contributed by atoms with Gasteiger partial charge in [-0.05, 0) is 36.2 Å². The molecule has 0 aromatic heterocycles. The second-order valence-corrected chi connectivity index (χ2v) is 6.00. The van der Waals surface area contributed by atoms with E-state index in [9.17, 15) is 4.79 Å². The number of amides is 1. The zero-order valence-corrected chi connectivity index (χ0v) is 14.0. The number of nitrogens with one attached hydrogen (secondary N) is 2. The quantitative estimate of drug-likeness (QED) is 0.806. The molecule has 0 aliphatic carbocycles. The van der Waals surface area contributed by atoms with Crippen LogP contribution in [0.1, 0.15) is 21.5 Å². The summed E-state index contributed by atoms with van der Waals surface area (Å²) in [6.45, 7) is 6.28. The average molecular weight is 324 g/mol. The van der Waals surface area contributed by atoms with Crippen LogP contribution in [0.4, 0.5) is 11.4 Å². The first-order chi connectivity index (χ1) is 11.7. The van der Waals surface area contributed by atoms with Crippen molar-refractivity contribution in [3.8, 4) is 0 Å². The van der Waals surface area contributed by atoms with E-state index in [2.05, 4.69) is 21.6 Å². The second kappa shape index (κ2) is 7.47. The van der Waals surface area contributed by atoms with Crippen molar-refractivity contribution < 1.29 is 4.79 Å². The lowest BCUT2D eigenvalue weighted by atomic mass is 10.0. The van der Waals surface area contributed by atoms with E-state index in [0.29, 0.717) is 12.1 Å². The second-order valence-electron chi connectivity index (χ2n) is 6.00. The Morgan fingerprint density at radius 1 is 1.17 bits per heavy atom. The third kappa shape index (κ3) is 3.42. The van der Waals surface area contributed by atoms with E-state index in [4.69, 9.17) is 5.73 Å². The van der Waals surface area contributed by atoms with Gasteiger partial charge in [0.25, 0.3) is 5.91 Å². The molecule has 0 spiro atoms. The van der Waals surface area contributed by atoms with Gasteiger partial charge in [0, 0.05) is 49.7 Å². The third-order valence-electron chi connectivity index (χ3n) is 4.49. The van der Waals surface area contributed by atoms with E-state index in [0.717, 1.165) is 48.7 Å². The van der Waals surface area contributed by atoms with Gasteiger partial charge in [0.15, 0.2) is 0 Å². The lowest BCUT2D eigenvalue weighted by molar-refractivity contribution is 0.102. The highest BCUT2D eigenvalue weighted by atomic mass is 16.1. The van der Waals surface area contributed by atoms with E-state index in [-0.39, 0.29) is 5.91 Å². The number of carbonyl (C=O) groups excluding carboxylic acids is 1. The Morgan fingerprint density at radius 3 is 2.67 bits per heavy atom. The zero-order valence-electron chi connectivity index (χ0n) is 14.0. The number of hydrogen-bond donors (Lipinski definition) is 3. The van der Waals surface area contributed by atoms with Gasteiger partial charge in [0.05, 0.1) is 0 Å². The summed E-state index contributed by atoms with van der Waals surface area (Å²) in [5, 5.41) is 6.35. The molecule has 1 amide bonds. The van der Waals surface area contributed by atoms with Gasteiger partial charge >= 0.3 is 0 Å². The van der Waals surface area contributed by atoms with Crippen LogP contribution in [-0.4, -0.2) is 32.1 Å². The number of piperazine rings is 1. The van der Waals surface area contributed by atoms with Gasteiger partial charge in [0.2, 0.25) is 0 Å². The number of benzene rings is 2. The first-order valence-corrected chi connectivity index (χ1v) is 8.35. The summed E-state index contributed by atoms with van der Waals surface area (Å²) in [6.07, 6.45) is 0. The summed E-state index contributed by atoms with van der Waals surface area (Å²) < 4.78 is 0. The molecule has 126 valence electrons. The summed E-state index contributed by atoms with van der Waals surface area (Å²) in [5.41, 5.74) is 10.3. The molecular weight excluding hydrogens is 300 g/mol. The lowest BCUT2D eigenvalue weighted by Gasteiger charge is -2.31. The predicted octanol–water partition coefficient (Wildman–Crippen LogP) is 2.12. The number of para-hydroxylation sites is 1. The summed E-state index contributed by atoms with van der Waals surface area (Å²) >= 11 is 0. The average Bonchev–Trinajstić information content (AvgIpc) is 2.63. The molecule has 1 fully saturated rings. The van der Waals surface area contributed by atoms with Gasteiger partial charge in [-0.1, -0.05) is 24.3 Å². The zero-order chi connectivity index (χ0) is 16.9. The minimum Gasteiger partial charge on any atom is -0.369 e. The van der Waals surface area contributed by atoms with Crippen LogP contribution in [0.25, 0.3) is 0 Å². The largest absolute Gasteiger partial charge is 0.369 e. The van der Waals surface area contributed by atoms with Crippen LogP contribution in [0.5, 0.6) is 0 Å². The van der Waals surface area contributed by atoms with Crippen LogP contribution in [0.3, 0.4) is 0 Å². The van der Waals surface area contributed by atoms with Crippen LogP contribution in [0, 0.1) is 6.92 Å². The highest BCUT2D eigenvalue weighted by Gasteiger charge is 2.17. The first-order valence-electron chi connectivity index (χ1n) is 8.35. The highest BCUT2D eigenvalue weighted by molar-refractivity contribution is 6.06. The molecule has 0 atom stereocenters. The fourth-order valence-electron chi connectivity index (χ4n) is 3.13. The highest BCUT2D eigenvalue weighted by Crippen LogP contribution is 2.25. The Hall–Kier alpha value is -2.37. The van der Waals surface area contributed by atoms with E-state index in [1.165, 1.54) is 0 Å². The molecule has 0 bridgehead atoms. The van der Waals surface area contributed by atoms with Gasteiger partial charge in [-0.25, -0.2) is 0 Å². The van der Waals surface area contributed by atoms with Crippen LogP contribution in [0.15, 0.2) is 42.5 Å². The number of hydrogen-bond acceptors (Lipinski definition) is 4. The molecule has 1 heterocycles. The van der Waals surface area contributed by atoms with Crippen molar-refractivity contribution in [3.05, 3.63) is 59.2 Å². The van der Waals surface area contributed by atoms with Crippen molar-refractivity contribution in [1.82, 2.24) is 5.32 Å². The molecular formula is C19H24N4O. The van der Waals surface area contributed by atoms with Gasteiger partial charge in [-0.15, -0.1) is 0 Å². The normalized spacial score (nSPS) is 14.5. The molecule has 2 aromatic carbocycles. The number of nitrogens with two attached hydrogens (primary N) is 1. The maximum absolute atomic E-state index is 12.8. The van der Waals surface area contributed by atoms with Crippen LogP contribution >= 0.6 is 0 Å². The summed E-state index contributed by atoms with van der Waals surface area (Å²) in [4.78, 5) is 15.1. The first kappa shape index (κ1) is 16.5. The summed E-state index contributed by atoms with van der Waals surface area (Å²) in [5.74, 6) is -0.0922. The third-order valence-corrected chi connectivity index (χ3v) is 4.49. The van der Waals surface area contributed by atoms with Crippen molar-refractivity contribution >= 4 is 17.3 Å². The molecule has 3 rings (SSSR count). The van der Waals surface area contributed by atoms with Crippen LogP contribution in [0.2, 0.25) is 0 Å². The van der Waals surface area contributed by atoms with Crippen molar-refractivity contribution in [2.45, 2.75) is 13.5 Å². The van der Waals surface area contributed by atoms with Gasteiger partial charge in [-0.3, -0.25) is 4.79 Å². The summed E-state index contributed by atoms with van der Waals surface area (Å²) in [7, 11) is 0. The van der Waals surface area contributed by atoms with Crippen molar-refractivity contribution in [1.29, 1.82) is 0 Å². The Bertz CT molecular complexity index is 723. The van der Waals surface area contributed by atoms with E-state index < -0.39 is 0 Å². The number of rotatable bonds is 4. The monoisotopic (exact) mass is 324 g/mol. The van der Waals surface area contributed by atoms with Crippen molar-refractivity contribution in [3.63, 3.8) is 0 Å². The minimum atomic E-state index is -0.0922. The molecule has 0 saturated carbocycles. The molecule has 1 aliphatic rings. The number of carbonyl (C=O) groups is 1. The Kier molecular flexibility index (Phi) is 5.13. The fourth-order valence-corrected chi connectivity index (χ4v) is 3.13. The molecule has 4 N–H and O–H groups in total. The standard InChI is InChI=1S/C19H24N4O/c1-14-16(6-4-8-18(14)23-11-9-21-10-12-23)19(24)22-17-7-3-2-5-15(17)13-20/h2-8,21H,9-13,20H2,1H3,(H,22,24). The fraction of sp³-hybridized carbons (Fsp3) is 0.316. The van der Waals surface area contributed by atoms with E-state index in [1.807, 2.05) is 43.3 Å². The van der Waals surface area contributed by atoms with Crippen LogP contribution in [-0.2, 0) is 6.54 Å². The lowest BCUT2D eigenvalue weighted by Crippen LogP contribution is -2.43.